The second kappa shape index (κ2) is 11.4. The third-order valence-corrected chi connectivity index (χ3v) is 10.7. The minimum Gasteiger partial charge on any atom is -0.0561 e. The summed E-state index contributed by atoms with van der Waals surface area (Å²) in [6.45, 7) is 42.4. The van der Waals surface area contributed by atoms with Crippen LogP contribution in [0.5, 0.6) is 0 Å². The van der Waals surface area contributed by atoms with Crippen LogP contribution in [0.25, 0.3) is 0 Å². The van der Waals surface area contributed by atoms with Gasteiger partial charge < -0.3 is 0 Å². The monoisotopic (exact) mass is 599 g/mol. The molecule has 3 aromatic carbocycles. The first kappa shape index (κ1) is 35.5. The van der Waals surface area contributed by atoms with Gasteiger partial charge in [0.15, 0.2) is 14.7 Å². The SMILES string of the molecule is CC(C)(C)c1ccc([S+](c2ccc(C(C)(C)C)c(C(C)(C)C)c2)c2ccc(C(C)(C)C)c(C(C)(C)C)c2)cc1C(C)(C)C. The molecule has 236 valence electrons. The maximum atomic E-state index is 2.55. The van der Waals surface area contributed by atoms with Crippen molar-refractivity contribution in [2.75, 3.05) is 0 Å². The van der Waals surface area contributed by atoms with Crippen molar-refractivity contribution in [3.05, 3.63) is 88.0 Å². The summed E-state index contributed by atoms with van der Waals surface area (Å²) < 4.78 is 0. The van der Waals surface area contributed by atoms with Gasteiger partial charge in [0.1, 0.15) is 0 Å². The second-order valence-corrected chi connectivity index (χ2v) is 21.0. The van der Waals surface area contributed by atoms with E-state index in [1.165, 1.54) is 48.1 Å². The lowest BCUT2D eigenvalue weighted by molar-refractivity contribution is 0.528. The number of rotatable bonds is 3. The molecule has 0 spiro atoms. The number of hydrogen-bond acceptors (Lipinski definition) is 0. The maximum absolute atomic E-state index is 2.55. The first-order valence-electron chi connectivity index (χ1n) is 16.3. The van der Waals surface area contributed by atoms with Crippen molar-refractivity contribution in [1.29, 1.82) is 0 Å². The van der Waals surface area contributed by atoms with Gasteiger partial charge in [-0.05, 0) is 102 Å². The summed E-state index contributed by atoms with van der Waals surface area (Å²) in [5.74, 6) is 0. The second-order valence-electron chi connectivity index (χ2n) is 18.9. The molecule has 0 aliphatic heterocycles. The average molecular weight is 600 g/mol. The van der Waals surface area contributed by atoms with Gasteiger partial charge in [0.25, 0.3) is 0 Å². The summed E-state index contributed by atoms with van der Waals surface area (Å²) in [4.78, 5) is 4.22. The molecule has 0 saturated carbocycles. The molecule has 0 radical (unpaired) electrons. The molecule has 0 saturated heterocycles. The molecule has 0 atom stereocenters. The summed E-state index contributed by atoms with van der Waals surface area (Å²) in [5, 5.41) is 0. The molecule has 0 aromatic heterocycles. The van der Waals surface area contributed by atoms with E-state index < -0.39 is 0 Å². The largest absolute Gasteiger partial charge is 0.166 e. The van der Waals surface area contributed by atoms with Crippen molar-refractivity contribution >= 4 is 10.9 Å². The molecule has 0 heterocycles. The van der Waals surface area contributed by atoms with Crippen LogP contribution in [0.1, 0.15) is 158 Å². The molecule has 0 aliphatic carbocycles. The van der Waals surface area contributed by atoms with Crippen LogP contribution in [0.4, 0.5) is 0 Å². The fraction of sp³-hybridized carbons (Fsp3) is 0.571. The third-order valence-electron chi connectivity index (χ3n) is 8.53. The van der Waals surface area contributed by atoms with Gasteiger partial charge in [-0.25, -0.2) is 0 Å². The summed E-state index contributed by atoms with van der Waals surface area (Å²) in [6.07, 6.45) is 0. The normalized spacial score (nSPS) is 14.0. The highest BCUT2D eigenvalue weighted by Crippen LogP contribution is 2.43. The third kappa shape index (κ3) is 8.00. The molecule has 0 amide bonds. The van der Waals surface area contributed by atoms with Crippen molar-refractivity contribution in [2.45, 2.75) is 172 Å². The lowest BCUT2D eigenvalue weighted by Crippen LogP contribution is -2.24. The lowest BCUT2D eigenvalue weighted by atomic mass is 9.75. The zero-order valence-electron chi connectivity index (χ0n) is 31.1. The Balaban J connectivity index is 2.49. The zero-order chi connectivity index (χ0) is 33.1. The van der Waals surface area contributed by atoms with E-state index in [1.807, 2.05) is 0 Å². The minimum absolute atomic E-state index is 0.0486. The fourth-order valence-corrected chi connectivity index (χ4v) is 8.32. The molecule has 1 heteroatoms. The van der Waals surface area contributed by atoms with Crippen LogP contribution in [0.3, 0.4) is 0 Å². The van der Waals surface area contributed by atoms with Crippen molar-refractivity contribution < 1.29 is 0 Å². The average Bonchev–Trinajstić information content (AvgIpc) is 2.80. The van der Waals surface area contributed by atoms with Gasteiger partial charge in [0.2, 0.25) is 0 Å². The van der Waals surface area contributed by atoms with Crippen LogP contribution in [0, 0.1) is 0 Å². The van der Waals surface area contributed by atoms with E-state index in [-0.39, 0.29) is 43.4 Å². The van der Waals surface area contributed by atoms with Crippen LogP contribution >= 0.6 is 0 Å². The first-order valence-corrected chi connectivity index (χ1v) is 17.6. The molecule has 3 rings (SSSR count). The minimum atomic E-state index is -0.255. The van der Waals surface area contributed by atoms with Gasteiger partial charge in [0.05, 0.1) is 10.9 Å². The van der Waals surface area contributed by atoms with Crippen LogP contribution < -0.4 is 0 Å². The Bertz CT molecular complexity index is 1260. The maximum Gasteiger partial charge on any atom is 0.166 e. The van der Waals surface area contributed by atoms with Crippen LogP contribution in [0.15, 0.2) is 69.3 Å². The van der Waals surface area contributed by atoms with E-state index in [1.54, 1.807) is 0 Å². The molecule has 0 fully saturated rings. The lowest BCUT2D eigenvalue weighted by Gasteiger charge is -2.32. The van der Waals surface area contributed by atoms with Crippen LogP contribution in [0.2, 0.25) is 0 Å². The van der Waals surface area contributed by atoms with Crippen molar-refractivity contribution in [3.63, 3.8) is 0 Å². The molecule has 0 unspecified atom stereocenters. The van der Waals surface area contributed by atoms with Gasteiger partial charge >= 0.3 is 0 Å². The van der Waals surface area contributed by atoms with Crippen LogP contribution in [-0.4, -0.2) is 0 Å². The van der Waals surface area contributed by atoms with Gasteiger partial charge in [-0.15, -0.1) is 0 Å². The summed E-state index contributed by atoms with van der Waals surface area (Å²) in [7, 11) is -0.255. The van der Waals surface area contributed by atoms with E-state index in [2.05, 4.69) is 179 Å². The molecular weight excluding hydrogens is 537 g/mol. The van der Waals surface area contributed by atoms with Crippen molar-refractivity contribution in [2.24, 2.45) is 0 Å². The molecule has 0 N–H and O–H groups in total. The number of hydrogen-bond donors (Lipinski definition) is 0. The van der Waals surface area contributed by atoms with E-state index >= 15 is 0 Å². The molecule has 3 aromatic rings. The van der Waals surface area contributed by atoms with Gasteiger partial charge in [-0.2, -0.15) is 0 Å². The van der Waals surface area contributed by atoms with E-state index in [0.717, 1.165) is 0 Å². The quantitative estimate of drug-likeness (QED) is 0.263. The Kier molecular flexibility index (Phi) is 9.43. The topological polar surface area (TPSA) is 0 Å². The Morgan fingerprint density at radius 2 is 0.465 bits per heavy atom. The smallest absolute Gasteiger partial charge is 0.0561 e. The number of benzene rings is 3. The van der Waals surface area contributed by atoms with E-state index in [4.69, 9.17) is 0 Å². The molecule has 0 aliphatic rings. The van der Waals surface area contributed by atoms with Crippen LogP contribution in [-0.2, 0) is 43.4 Å². The molecule has 43 heavy (non-hydrogen) atoms. The highest BCUT2D eigenvalue weighted by atomic mass is 32.2. The van der Waals surface area contributed by atoms with Crippen molar-refractivity contribution in [3.8, 4) is 0 Å². The molecule has 0 nitrogen and oxygen atoms in total. The molecule has 0 bridgehead atoms. The Morgan fingerprint density at radius 3 is 0.628 bits per heavy atom. The Hall–Kier alpha value is -1.99. The summed E-state index contributed by atoms with van der Waals surface area (Å²) in [6, 6.07) is 22.2. The van der Waals surface area contributed by atoms with Gasteiger partial charge in [-0.1, -0.05) is 143 Å². The van der Waals surface area contributed by atoms with Crippen molar-refractivity contribution in [1.82, 2.24) is 0 Å². The standard InChI is InChI=1S/C42H63S/c1-37(2,3)31-22-19-28(25-34(31)40(10,11)12)43(29-20-23-32(38(4,5)6)35(26-29)41(13,14)15)30-21-24-33(39(7,8)9)36(27-30)42(16,17)18/h19-27H,1-18H3/q+1. The molecular formula is C42H63S+. The Labute approximate surface area is 269 Å². The van der Waals surface area contributed by atoms with Gasteiger partial charge in [-0.3, -0.25) is 0 Å². The van der Waals surface area contributed by atoms with E-state index in [9.17, 15) is 0 Å². The highest BCUT2D eigenvalue weighted by molar-refractivity contribution is 7.97. The highest BCUT2D eigenvalue weighted by Gasteiger charge is 2.37. The van der Waals surface area contributed by atoms with Gasteiger partial charge in [0, 0.05) is 0 Å². The zero-order valence-corrected chi connectivity index (χ0v) is 31.9. The predicted octanol–water partition coefficient (Wildman–Crippen LogP) is 12.6. The van der Waals surface area contributed by atoms with E-state index in [0.29, 0.717) is 0 Å². The predicted molar refractivity (Wildman–Crippen MR) is 194 cm³/mol. The summed E-state index contributed by atoms with van der Waals surface area (Å²) >= 11 is 0. The fourth-order valence-electron chi connectivity index (χ4n) is 6.18. The first-order chi connectivity index (χ1) is 19.1. The summed E-state index contributed by atoms with van der Waals surface area (Å²) in [5.41, 5.74) is 9.12. The Morgan fingerprint density at radius 1 is 0.279 bits per heavy atom.